The summed E-state index contributed by atoms with van der Waals surface area (Å²) in [4.78, 5) is 0. The lowest BCUT2D eigenvalue weighted by atomic mass is 10.1. The van der Waals surface area contributed by atoms with Crippen LogP contribution in [0.1, 0.15) is 31.0 Å². The van der Waals surface area contributed by atoms with Gasteiger partial charge in [0, 0.05) is 11.6 Å². The van der Waals surface area contributed by atoms with Crippen molar-refractivity contribution < 1.29 is 13.9 Å². The maximum absolute atomic E-state index is 13.7. The number of aliphatic hydroxyl groups excluding tert-OH is 1. The summed E-state index contributed by atoms with van der Waals surface area (Å²) in [6.07, 6.45) is 1.50. The lowest BCUT2D eigenvalue weighted by Crippen LogP contribution is -2.07. The van der Waals surface area contributed by atoms with E-state index < -0.39 is 11.6 Å². The Bertz CT molecular complexity index is 564. The Balaban J connectivity index is 2.60. The molecule has 0 aliphatic carbocycles. The van der Waals surface area contributed by atoms with Gasteiger partial charge in [0.2, 0.25) is 0 Å². The Hall–Kier alpha value is -1.75. The Morgan fingerprint density at radius 2 is 2.06 bits per heavy atom. The largest absolute Gasteiger partial charge is 0.392 e. The van der Waals surface area contributed by atoms with Gasteiger partial charge in [-0.3, -0.25) is 0 Å². The molecule has 3 nitrogen and oxygen atoms in total. The second kappa shape index (κ2) is 4.86. The molecule has 0 spiro atoms. The van der Waals surface area contributed by atoms with Crippen LogP contribution in [0.3, 0.4) is 0 Å². The number of aromatic nitrogens is 2. The number of halogens is 2. The molecule has 1 aromatic carbocycles. The normalized spacial score (nSPS) is 11.2. The van der Waals surface area contributed by atoms with Crippen LogP contribution < -0.4 is 0 Å². The molecule has 18 heavy (non-hydrogen) atoms. The van der Waals surface area contributed by atoms with E-state index in [4.69, 9.17) is 0 Å². The highest BCUT2D eigenvalue weighted by Crippen LogP contribution is 2.24. The van der Waals surface area contributed by atoms with E-state index in [1.165, 1.54) is 23.0 Å². The van der Waals surface area contributed by atoms with Gasteiger partial charge in [-0.2, -0.15) is 5.10 Å². The molecule has 96 valence electrons. The second-order valence-corrected chi connectivity index (χ2v) is 4.38. The van der Waals surface area contributed by atoms with E-state index in [1.807, 2.05) is 13.8 Å². The summed E-state index contributed by atoms with van der Waals surface area (Å²) in [6, 6.07) is 3.34. The topological polar surface area (TPSA) is 38.1 Å². The monoisotopic (exact) mass is 252 g/mol. The first kappa shape index (κ1) is 12.7. The molecular formula is C13H14F2N2O. The van der Waals surface area contributed by atoms with Gasteiger partial charge in [0.15, 0.2) is 5.82 Å². The summed E-state index contributed by atoms with van der Waals surface area (Å²) in [5.41, 5.74) is 1.55. The molecule has 0 unspecified atom stereocenters. The zero-order valence-electron chi connectivity index (χ0n) is 10.2. The predicted octanol–water partition coefficient (Wildman–Crippen LogP) is 2.77. The van der Waals surface area contributed by atoms with Crippen molar-refractivity contribution >= 4 is 0 Å². The Kier molecular flexibility index (Phi) is 3.43. The van der Waals surface area contributed by atoms with Crippen LogP contribution in [0.15, 0.2) is 24.4 Å². The number of benzene rings is 1. The Morgan fingerprint density at radius 3 is 2.61 bits per heavy atom. The first-order valence-corrected chi connectivity index (χ1v) is 5.67. The molecular weight excluding hydrogens is 238 g/mol. The van der Waals surface area contributed by atoms with E-state index >= 15 is 0 Å². The molecule has 5 heteroatoms. The van der Waals surface area contributed by atoms with Crippen molar-refractivity contribution in [3.05, 3.63) is 47.3 Å². The van der Waals surface area contributed by atoms with Gasteiger partial charge < -0.3 is 5.11 Å². The van der Waals surface area contributed by atoms with E-state index in [0.717, 1.165) is 11.8 Å². The van der Waals surface area contributed by atoms with Crippen LogP contribution in [0.2, 0.25) is 0 Å². The van der Waals surface area contributed by atoms with Crippen molar-refractivity contribution in [1.82, 2.24) is 9.78 Å². The van der Waals surface area contributed by atoms with E-state index in [2.05, 4.69) is 5.10 Å². The van der Waals surface area contributed by atoms with Crippen LogP contribution in [-0.2, 0) is 6.61 Å². The highest BCUT2D eigenvalue weighted by atomic mass is 19.1. The Labute approximate surface area is 104 Å². The zero-order chi connectivity index (χ0) is 13.3. The van der Waals surface area contributed by atoms with E-state index in [9.17, 15) is 13.9 Å². The number of hydrogen-bond acceptors (Lipinski definition) is 2. The van der Waals surface area contributed by atoms with E-state index in [0.29, 0.717) is 5.56 Å². The summed E-state index contributed by atoms with van der Waals surface area (Å²) in [6.45, 7) is 3.69. The molecule has 0 saturated heterocycles. The number of nitrogens with zero attached hydrogens (tertiary/aromatic N) is 2. The quantitative estimate of drug-likeness (QED) is 0.912. The molecule has 2 aromatic rings. The van der Waals surface area contributed by atoms with Crippen LogP contribution in [0.5, 0.6) is 0 Å². The fourth-order valence-corrected chi connectivity index (χ4v) is 1.97. The number of rotatable bonds is 3. The van der Waals surface area contributed by atoms with Crippen LogP contribution in [-0.4, -0.2) is 14.9 Å². The average molecular weight is 252 g/mol. The second-order valence-electron chi connectivity index (χ2n) is 4.38. The molecule has 0 fully saturated rings. The van der Waals surface area contributed by atoms with E-state index in [1.54, 1.807) is 0 Å². The van der Waals surface area contributed by atoms with Crippen molar-refractivity contribution in [2.75, 3.05) is 0 Å². The fourth-order valence-electron chi connectivity index (χ4n) is 1.97. The molecule has 0 saturated carbocycles. The maximum atomic E-state index is 13.7. The smallest absolute Gasteiger partial charge is 0.151 e. The van der Waals surface area contributed by atoms with Crippen molar-refractivity contribution in [3.8, 4) is 5.69 Å². The van der Waals surface area contributed by atoms with Gasteiger partial charge in [0.1, 0.15) is 11.5 Å². The minimum Gasteiger partial charge on any atom is -0.392 e. The lowest BCUT2D eigenvalue weighted by Gasteiger charge is -2.12. The number of aliphatic hydroxyl groups is 1. The highest BCUT2D eigenvalue weighted by Gasteiger charge is 2.17. The minimum absolute atomic E-state index is 0.0686. The standard InChI is InChI=1S/C13H14F2N2O/c1-8(2)13-9(7-18)6-16-17(13)12-4-3-10(14)5-11(12)15/h3-6,8,18H,7H2,1-2H3. The van der Waals surface area contributed by atoms with Crippen LogP contribution in [0.4, 0.5) is 8.78 Å². The Morgan fingerprint density at radius 1 is 1.33 bits per heavy atom. The van der Waals surface area contributed by atoms with Gasteiger partial charge >= 0.3 is 0 Å². The first-order chi connectivity index (χ1) is 8.54. The summed E-state index contributed by atoms with van der Waals surface area (Å²) in [7, 11) is 0. The minimum atomic E-state index is -0.676. The average Bonchev–Trinajstić information content (AvgIpc) is 2.72. The number of hydrogen-bond donors (Lipinski definition) is 1. The van der Waals surface area contributed by atoms with Crippen molar-refractivity contribution in [3.63, 3.8) is 0 Å². The SMILES string of the molecule is CC(C)c1c(CO)cnn1-c1ccc(F)cc1F. The third-order valence-electron chi connectivity index (χ3n) is 2.74. The van der Waals surface area contributed by atoms with Gasteiger partial charge in [0.25, 0.3) is 0 Å². The van der Waals surface area contributed by atoms with Gasteiger partial charge in [-0.25, -0.2) is 13.5 Å². The third kappa shape index (κ3) is 2.13. The van der Waals surface area contributed by atoms with Crippen molar-refractivity contribution in [2.45, 2.75) is 26.4 Å². The highest BCUT2D eigenvalue weighted by molar-refractivity contribution is 5.37. The molecule has 0 amide bonds. The maximum Gasteiger partial charge on any atom is 0.151 e. The molecule has 1 N–H and O–H groups in total. The lowest BCUT2D eigenvalue weighted by molar-refractivity contribution is 0.280. The molecule has 1 heterocycles. The molecule has 0 aliphatic rings. The molecule has 0 radical (unpaired) electrons. The predicted molar refractivity (Wildman–Crippen MR) is 63.5 cm³/mol. The van der Waals surface area contributed by atoms with Crippen molar-refractivity contribution in [2.24, 2.45) is 0 Å². The van der Waals surface area contributed by atoms with Crippen molar-refractivity contribution in [1.29, 1.82) is 0 Å². The van der Waals surface area contributed by atoms with Gasteiger partial charge in [0.05, 0.1) is 18.5 Å². The van der Waals surface area contributed by atoms with Crippen LogP contribution in [0.25, 0.3) is 5.69 Å². The molecule has 0 bridgehead atoms. The molecule has 0 atom stereocenters. The molecule has 1 aromatic heterocycles. The fraction of sp³-hybridized carbons (Fsp3) is 0.308. The van der Waals surface area contributed by atoms with Crippen LogP contribution in [0, 0.1) is 11.6 Å². The summed E-state index contributed by atoms with van der Waals surface area (Å²) in [5.74, 6) is -1.24. The van der Waals surface area contributed by atoms with Gasteiger partial charge in [-0.05, 0) is 18.1 Å². The third-order valence-corrected chi connectivity index (χ3v) is 2.74. The van der Waals surface area contributed by atoms with E-state index in [-0.39, 0.29) is 18.2 Å². The summed E-state index contributed by atoms with van der Waals surface area (Å²) < 4.78 is 28.0. The molecule has 0 aliphatic heterocycles. The first-order valence-electron chi connectivity index (χ1n) is 5.67. The zero-order valence-corrected chi connectivity index (χ0v) is 10.2. The van der Waals surface area contributed by atoms with Crippen LogP contribution >= 0.6 is 0 Å². The van der Waals surface area contributed by atoms with Gasteiger partial charge in [-0.1, -0.05) is 13.8 Å². The molecule has 2 rings (SSSR count). The summed E-state index contributed by atoms with van der Waals surface area (Å²) >= 11 is 0. The summed E-state index contributed by atoms with van der Waals surface area (Å²) in [5, 5.41) is 13.3. The van der Waals surface area contributed by atoms with Gasteiger partial charge in [-0.15, -0.1) is 0 Å².